The minimum Gasteiger partial charge on any atom is -0.354 e. The first-order valence-corrected chi connectivity index (χ1v) is 8.58. The second-order valence-electron chi connectivity index (χ2n) is 6.60. The maximum absolute atomic E-state index is 12.4. The lowest BCUT2D eigenvalue weighted by Gasteiger charge is -2.32. The molecule has 2 aliphatic rings. The van der Waals surface area contributed by atoms with Gasteiger partial charge in [0.05, 0.1) is 5.92 Å². The van der Waals surface area contributed by atoms with Crippen LogP contribution < -0.4 is 10.6 Å². The number of nitrogens with zero attached hydrogens (tertiary/aromatic N) is 1. The summed E-state index contributed by atoms with van der Waals surface area (Å²) in [7, 11) is 0. The predicted octanol–water partition coefficient (Wildman–Crippen LogP) is 1.77. The monoisotopic (exact) mass is 301 g/mol. The summed E-state index contributed by atoms with van der Waals surface area (Å²) >= 11 is 0. The highest BCUT2D eigenvalue weighted by atomic mass is 16.1. The normalized spacial score (nSPS) is 26.0. The summed E-state index contributed by atoms with van der Waals surface area (Å²) in [6, 6.07) is 11.0. The molecule has 4 heteroatoms. The Bertz CT molecular complexity index is 470. The molecule has 4 nitrogen and oxygen atoms in total. The Morgan fingerprint density at radius 1 is 1.23 bits per heavy atom. The molecule has 0 aromatic heterocycles. The molecular weight excluding hydrogens is 274 g/mol. The van der Waals surface area contributed by atoms with Gasteiger partial charge in [-0.3, -0.25) is 9.69 Å². The molecular formula is C18H27N3O. The van der Waals surface area contributed by atoms with Gasteiger partial charge in [0.15, 0.2) is 0 Å². The second-order valence-corrected chi connectivity index (χ2v) is 6.60. The standard InChI is InChI=1S/C18H27N3O/c22-18(20-12-17-9-4-10-19-17)16-8-5-11-21(14-16)13-15-6-2-1-3-7-15/h1-3,6-7,16-17,19H,4-5,8-14H2,(H,20,22). The van der Waals surface area contributed by atoms with E-state index in [2.05, 4.69) is 39.8 Å². The van der Waals surface area contributed by atoms with E-state index in [4.69, 9.17) is 0 Å². The van der Waals surface area contributed by atoms with Gasteiger partial charge in [-0.15, -0.1) is 0 Å². The first-order valence-electron chi connectivity index (χ1n) is 8.58. The van der Waals surface area contributed by atoms with Crippen molar-refractivity contribution in [3.8, 4) is 0 Å². The number of likely N-dealkylation sites (tertiary alicyclic amines) is 1. The van der Waals surface area contributed by atoms with Crippen LogP contribution in [0, 0.1) is 5.92 Å². The summed E-state index contributed by atoms with van der Waals surface area (Å²) in [5.74, 6) is 0.394. The van der Waals surface area contributed by atoms with Crippen LogP contribution >= 0.6 is 0 Å². The van der Waals surface area contributed by atoms with Crippen molar-refractivity contribution < 1.29 is 4.79 Å². The first-order chi connectivity index (χ1) is 10.8. The molecule has 0 spiro atoms. The average molecular weight is 301 g/mol. The van der Waals surface area contributed by atoms with E-state index in [0.717, 1.165) is 45.6 Å². The SMILES string of the molecule is O=C(NCC1CCCN1)C1CCCN(Cc2ccccc2)C1. The molecule has 0 radical (unpaired) electrons. The fraction of sp³-hybridized carbons (Fsp3) is 0.611. The fourth-order valence-corrected chi connectivity index (χ4v) is 3.55. The van der Waals surface area contributed by atoms with Gasteiger partial charge in [-0.05, 0) is 44.3 Å². The van der Waals surface area contributed by atoms with Crippen LogP contribution in [-0.4, -0.2) is 43.0 Å². The summed E-state index contributed by atoms with van der Waals surface area (Å²) in [5.41, 5.74) is 1.33. The minimum absolute atomic E-state index is 0.152. The van der Waals surface area contributed by atoms with Gasteiger partial charge in [-0.25, -0.2) is 0 Å². The molecule has 2 aliphatic heterocycles. The molecule has 2 unspecified atom stereocenters. The van der Waals surface area contributed by atoms with Gasteiger partial charge in [0.2, 0.25) is 5.91 Å². The van der Waals surface area contributed by atoms with Crippen molar-refractivity contribution in [2.45, 2.75) is 38.3 Å². The summed E-state index contributed by atoms with van der Waals surface area (Å²) < 4.78 is 0. The van der Waals surface area contributed by atoms with Gasteiger partial charge in [0, 0.05) is 25.7 Å². The number of amides is 1. The highest BCUT2D eigenvalue weighted by Crippen LogP contribution is 2.19. The first kappa shape index (κ1) is 15.5. The van der Waals surface area contributed by atoms with Crippen LogP contribution in [0.25, 0.3) is 0 Å². The third kappa shape index (κ3) is 4.31. The van der Waals surface area contributed by atoms with Crippen LogP contribution in [0.5, 0.6) is 0 Å². The predicted molar refractivity (Wildman–Crippen MR) is 88.5 cm³/mol. The molecule has 1 aromatic rings. The van der Waals surface area contributed by atoms with E-state index in [1.807, 2.05) is 6.07 Å². The minimum atomic E-state index is 0.152. The summed E-state index contributed by atoms with van der Waals surface area (Å²) in [4.78, 5) is 14.8. The third-order valence-electron chi connectivity index (χ3n) is 4.81. The molecule has 3 rings (SSSR count). The van der Waals surface area contributed by atoms with Gasteiger partial charge in [-0.1, -0.05) is 30.3 Å². The van der Waals surface area contributed by atoms with Crippen LogP contribution in [-0.2, 0) is 11.3 Å². The Labute approximate surface area is 133 Å². The van der Waals surface area contributed by atoms with E-state index >= 15 is 0 Å². The summed E-state index contributed by atoms with van der Waals surface area (Å²) in [5, 5.41) is 6.58. The molecule has 0 saturated carbocycles. The Morgan fingerprint density at radius 3 is 2.86 bits per heavy atom. The quantitative estimate of drug-likeness (QED) is 0.871. The lowest BCUT2D eigenvalue weighted by molar-refractivity contribution is -0.126. The van der Waals surface area contributed by atoms with Gasteiger partial charge < -0.3 is 10.6 Å². The number of benzene rings is 1. The Kier molecular flexibility index (Phi) is 5.46. The molecule has 2 atom stereocenters. The topological polar surface area (TPSA) is 44.4 Å². The third-order valence-corrected chi connectivity index (χ3v) is 4.81. The number of carbonyl (C=O) groups is 1. The zero-order valence-electron chi connectivity index (χ0n) is 13.3. The Balaban J connectivity index is 1.46. The lowest BCUT2D eigenvalue weighted by Crippen LogP contribution is -2.45. The Morgan fingerprint density at radius 2 is 2.09 bits per heavy atom. The zero-order valence-corrected chi connectivity index (χ0v) is 13.3. The van der Waals surface area contributed by atoms with Crippen molar-refractivity contribution in [2.24, 2.45) is 5.92 Å². The highest BCUT2D eigenvalue weighted by molar-refractivity contribution is 5.79. The highest BCUT2D eigenvalue weighted by Gasteiger charge is 2.26. The average Bonchev–Trinajstić information content (AvgIpc) is 3.07. The van der Waals surface area contributed by atoms with E-state index < -0.39 is 0 Å². The molecule has 0 aliphatic carbocycles. The molecule has 2 heterocycles. The molecule has 1 amide bonds. The number of rotatable bonds is 5. The number of nitrogens with one attached hydrogen (secondary N) is 2. The van der Waals surface area contributed by atoms with Crippen LogP contribution in [0.15, 0.2) is 30.3 Å². The van der Waals surface area contributed by atoms with Gasteiger partial charge >= 0.3 is 0 Å². The smallest absolute Gasteiger partial charge is 0.224 e. The van der Waals surface area contributed by atoms with Crippen molar-refractivity contribution in [2.75, 3.05) is 26.2 Å². The van der Waals surface area contributed by atoms with E-state index in [1.54, 1.807) is 0 Å². The molecule has 2 fully saturated rings. The molecule has 0 bridgehead atoms. The van der Waals surface area contributed by atoms with Crippen molar-refractivity contribution in [1.29, 1.82) is 0 Å². The van der Waals surface area contributed by atoms with E-state index in [-0.39, 0.29) is 11.8 Å². The van der Waals surface area contributed by atoms with Gasteiger partial charge in [0.1, 0.15) is 0 Å². The van der Waals surface area contributed by atoms with Crippen molar-refractivity contribution in [3.05, 3.63) is 35.9 Å². The van der Waals surface area contributed by atoms with E-state index in [1.165, 1.54) is 18.4 Å². The zero-order chi connectivity index (χ0) is 15.2. The lowest BCUT2D eigenvalue weighted by atomic mass is 9.96. The number of hydrogen-bond donors (Lipinski definition) is 2. The van der Waals surface area contributed by atoms with E-state index in [0.29, 0.717) is 6.04 Å². The van der Waals surface area contributed by atoms with Crippen molar-refractivity contribution in [3.63, 3.8) is 0 Å². The number of piperidine rings is 1. The molecule has 2 N–H and O–H groups in total. The van der Waals surface area contributed by atoms with Crippen molar-refractivity contribution >= 4 is 5.91 Å². The number of hydrogen-bond acceptors (Lipinski definition) is 3. The molecule has 2 saturated heterocycles. The Hall–Kier alpha value is -1.39. The fourth-order valence-electron chi connectivity index (χ4n) is 3.55. The largest absolute Gasteiger partial charge is 0.354 e. The van der Waals surface area contributed by atoms with Gasteiger partial charge in [-0.2, -0.15) is 0 Å². The summed E-state index contributed by atoms with van der Waals surface area (Å²) in [6.45, 7) is 4.82. The molecule has 120 valence electrons. The second kappa shape index (κ2) is 7.75. The van der Waals surface area contributed by atoms with Crippen LogP contribution in [0.2, 0.25) is 0 Å². The molecule has 1 aromatic carbocycles. The van der Waals surface area contributed by atoms with Crippen LogP contribution in [0.4, 0.5) is 0 Å². The number of carbonyl (C=O) groups excluding carboxylic acids is 1. The van der Waals surface area contributed by atoms with Crippen LogP contribution in [0.3, 0.4) is 0 Å². The van der Waals surface area contributed by atoms with Crippen LogP contribution in [0.1, 0.15) is 31.2 Å². The van der Waals surface area contributed by atoms with Crippen molar-refractivity contribution in [1.82, 2.24) is 15.5 Å². The molecule has 22 heavy (non-hydrogen) atoms. The van der Waals surface area contributed by atoms with E-state index in [9.17, 15) is 4.79 Å². The summed E-state index contributed by atoms with van der Waals surface area (Å²) in [6.07, 6.45) is 4.56. The van der Waals surface area contributed by atoms with Gasteiger partial charge in [0.25, 0.3) is 0 Å². The maximum Gasteiger partial charge on any atom is 0.224 e. The maximum atomic E-state index is 12.4.